The molecule has 32 heavy (non-hydrogen) atoms. The van der Waals surface area contributed by atoms with Gasteiger partial charge >= 0.3 is 0 Å². The van der Waals surface area contributed by atoms with Crippen LogP contribution in [0.15, 0.2) is 36.4 Å². The van der Waals surface area contributed by atoms with Gasteiger partial charge in [-0.3, -0.25) is 9.59 Å². The van der Waals surface area contributed by atoms with Gasteiger partial charge in [0.15, 0.2) is 0 Å². The lowest BCUT2D eigenvalue weighted by Gasteiger charge is -2.33. The minimum Gasteiger partial charge on any atom is -0.382 e. The van der Waals surface area contributed by atoms with Gasteiger partial charge in [-0.05, 0) is 38.7 Å². The number of carbonyl (C=O) groups is 2. The van der Waals surface area contributed by atoms with Crippen LogP contribution in [0.2, 0.25) is 0 Å². The molecule has 0 aromatic heterocycles. The van der Waals surface area contributed by atoms with E-state index >= 15 is 0 Å². The van der Waals surface area contributed by atoms with Gasteiger partial charge in [0.25, 0.3) is 0 Å². The third kappa shape index (κ3) is 3.48. The molecule has 5 atom stereocenters. The summed E-state index contributed by atoms with van der Waals surface area (Å²) in [6.07, 6.45) is 8.93. The van der Waals surface area contributed by atoms with Crippen molar-refractivity contribution in [2.75, 3.05) is 19.8 Å². The second kappa shape index (κ2) is 8.64. The van der Waals surface area contributed by atoms with E-state index in [-0.39, 0.29) is 35.8 Å². The molecule has 1 aromatic carbocycles. The van der Waals surface area contributed by atoms with E-state index < -0.39 is 11.6 Å². The van der Waals surface area contributed by atoms with Crippen LogP contribution in [0.5, 0.6) is 0 Å². The third-order valence-electron chi connectivity index (χ3n) is 7.68. The first-order valence-electron chi connectivity index (χ1n) is 12.2. The fraction of sp³-hybridized carbons (Fsp3) is 0.615. The van der Waals surface area contributed by atoms with Crippen LogP contribution in [0.25, 0.3) is 0 Å². The maximum absolute atomic E-state index is 13.8. The summed E-state index contributed by atoms with van der Waals surface area (Å²) in [5, 5.41) is 3.25. The highest BCUT2D eigenvalue weighted by molar-refractivity contribution is 5.97. The second-order valence-corrected chi connectivity index (χ2v) is 9.68. The molecule has 0 unspecified atom stereocenters. The van der Waals surface area contributed by atoms with Gasteiger partial charge in [-0.1, -0.05) is 54.8 Å². The molecule has 0 radical (unpaired) electrons. The Morgan fingerprint density at radius 2 is 2.00 bits per heavy atom. The summed E-state index contributed by atoms with van der Waals surface area (Å²) in [6, 6.07) is 7.95. The van der Waals surface area contributed by atoms with Crippen LogP contribution in [0, 0.1) is 12.8 Å². The molecular weight excluding hydrogens is 404 g/mol. The van der Waals surface area contributed by atoms with Gasteiger partial charge < -0.3 is 19.7 Å². The normalized spacial score (nSPS) is 33.3. The minimum atomic E-state index is -0.883. The van der Waals surface area contributed by atoms with E-state index in [0.717, 1.165) is 31.2 Å². The van der Waals surface area contributed by atoms with Crippen LogP contribution < -0.4 is 5.32 Å². The molecule has 3 fully saturated rings. The Hall–Kier alpha value is -2.18. The van der Waals surface area contributed by atoms with Crippen molar-refractivity contribution in [2.45, 2.75) is 75.7 Å². The lowest BCUT2D eigenvalue weighted by molar-refractivity contribution is -0.139. The summed E-state index contributed by atoms with van der Waals surface area (Å²) in [7, 11) is 0. The van der Waals surface area contributed by atoms with E-state index in [0.29, 0.717) is 26.2 Å². The van der Waals surface area contributed by atoms with Crippen LogP contribution in [-0.4, -0.2) is 60.3 Å². The van der Waals surface area contributed by atoms with E-state index in [1.807, 2.05) is 13.0 Å². The number of carbonyl (C=O) groups excluding carboxylic acids is 2. The Morgan fingerprint density at radius 3 is 2.72 bits per heavy atom. The number of hydrogen-bond donors (Lipinski definition) is 1. The van der Waals surface area contributed by atoms with E-state index in [4.69, 9.17) is 9.47 Å². The molecule has 4 aliphatic rings. The molecule has 1 spiro atoms. The average molecular weight is 439 g/mol. The highest BCUT2D eigenvalue weighted by Crippen LogP contribution is 2.58. The summed E-state index contributed by atoms with van der Waals surface area (Å²) < 4.78 is 12.0. The SMILES string of the molecule is CCOCCCN1C(=O)[C@@H]2[C@H](c3ccc(C)cc3)[C@H]3C=C[C@@]2(O3)[C@H]1C(=O)NC1CCCC1. The molecule has 6 heteroatoms. The molecule has 1 saturated carbocycles. The Labute approximate surface area is 190 Å². The number of nitrogens with one attached hydrogen (secondary N) is 1. The molecule has 3 heterocycles. The smallest absolute Gasteiger partial charge is 0.246 e. The second-order valence-electron chi connectivity index (χ2n) is 9.68. The summed E-state index contributed by atoms with van der Waals surface area (Å²) in [4.78, 5) is 29.2. The Kier molecular flexibility index (Phi) is 5.84. The maximum Gasteiger partial charge on any atom is 0.246 e. The number of benzene rings is 1. The van der Waals surface area contributed by atoms with Gasteiger partial charge in [-0.15, -0.1) is 0 Å². The molecule has 1 aliphatic carbocycles. The number of aryl methyl sites for hydroxylation is 1. The number of amides is 2. The van der Waals surface area contributed by atoms with Crippen molar-refractivity contribution in [1.82, 2.24) is 10.2 Å². The fourth-order valence-electron chi connectivity index (χ4n) is 6.21. The van der Waals surface area contributed by atoms with Gasteiger partial charge in [-0.2, -0.15) is 0 Å². The van der Waals surface area contributed by atoms with Gasteiger partial charge in [-0.25, -0.2) is 0 Å². The first kappa shape index (κ1) is 21.7. The topological polar surface area (TPSA) is 67.9 Å². The maximum atomic E-state index is 13.8. The van der Waals surface area contributed by atoms with Crippen molar-refractivity contribution in [2.24, 2.45) is 5.92 Å². The summed E-state index contributed by atoms with van der Waals surface area (Å²) >= 11 is 0. The lowest BCUT2D eigenvalue weighted by atomic mass is 9.72. The van der Waals surface area contributed by atoms with Crippen LogP contribution in [0.4, 0.5) is 0 Å². The van der Waals surface area contributed by atoms with Crippen molar-refractivity contribution in [3.05, 3.63) is 47.5 Å². The molecule has 2 bridgehead atoms. The number of hydrogen-bond acceptors (Lipinski definition) is 4. The fourth-order valence-corrected chi connectivity index (χ4v) is 6.21. The number of fused-ring (bicyclic) bond motifs is 1. The molecule has 2 saturated heterocycles. The Bertz CT molecular complexity index is 892. The molecule has 6 nitrogen and oxygen atoms in total. The van der Waals surface area contributed by atoms with E-state index in [1.54, 1.807) is 4.90 Å². The molecule has 1 N–H and O–H groups in total. The van der Waals surface area contributed by atoms with E-state index in [1.165, 1.54) is 5.56 Å². The summed E-state index contributed by atoms with van der Waals surface area (Å²) in [5.41, 5.74) is 1.41. The zero-order chi connectivity index (χ0) is 22.3. The molecular formula is C26H34N2O4. The monoisotopic (exact) mass is 438 g/mol. The van der Waals surface area contributed by atoms with Gasteiger partial charge in [0, 0.05) is 31.7 Å². The van der Waals surface area contributed by atoms with E-state index in [9.17, 15) is 9.59 Å². The first-order valence-corrected chi connectivity index (χ1v) is 12.2. The van der Waals surface area contributed by atoms with Crippen molar-refractivity contribution in [3.8, 4) is 0 Å². The number of rotatable bonds is 8. The molecule has 1 aromatic rings. The zero-order valence-electron chi connectivity index (χ0n) is 19.1. The zero-order valence-corrected chi connectivity index (χ0v) is 19.1. The molecule has 172 valence electrons. The Morgan fingerprint density at radius 1 is 1.25 bits per heavy atom. The van der Waals surface area contributed by atoms with Crippen LogP contribution >= 0.6 is 0 Å². The highest BCUT2D eigenvalue weighted by Gasteiger charge is 2.71. The van der Waals surface area contributed by atoms with Gasteiger partial charge in [0.1, 0.15) is 11.6 Å². The summed E-state index contributed by atoms with van der Waals surface area (Å²) in [5.74, 6) is -0.470. The average Bonchev–Trinajstić information content (AvgIpc) is 3.55. The number of likely N-dealkylation sites (tertiary alicyclic amines) is 1. The standard InChI is InChI=1S/C26H34N2O4/c1-3-31-16-6-15-28-23(24(29)27-19-7-4-5-8-19)26-14-13-20(32-26)21(22(26)25(28)30)18-11-9-17(2)10-12-18/h9-14,19-23H,3-8,15-16H2,1-2H3,(H,27,29)/t20-,21-,22+,23-,26+/m1/s1. The third-order valence-corrected chi connectivity index (χ3v) is 7.68. The summed E-state index contributed by atoms with van der Waals surface area (Å²) in [6.45, 7) is 5.76. The molecule has 3 aliphatic heterocycles. The molecule has 2 amide bonds. The predicted molar refractivity (Wildman–Crippen MR) is 121 cm³/mol. The van der Waals surface area contributed by atoms with Gasteiger partial charge in [0.2, 0.25) is 11.8 Å². The van der Waals surface area contributed by atoms with Crippen LogP contribution in [-0.2, 0) is 19.1 Å². The van der Waals surface area contributed by atoms with Crippen LogP contribution in [0.3, 0.4) is 0 Å². The number of nitrogens with zero attached hydrogens (tertiary/aromatic N) is 1. The van der Waals surface area contributed by atoms with Gasteiger partial charge in [0.05, 0.1) is 12.0 Å². The first-order chi connectivity index (χ1) is 15.5. The van der Waals surface area contributed by atoms with Crippen LogP contribution in [0.1, 0.15) is 56.1 Å². The lowest BCUT2D eigenvalue weighted by Crippen LogP contribution is -2.56. The largest absolute Gasteiger partial charge is 0.382 e. The highest BCUT2D eigenvalue weighted by atomic mass is 16.5. The quantitative estimate of drug-likeness (QED) is 0.500. The minimum absolute atomic E-state index is 0.0329. The number of ether oxygens (including phenoxy) is 2. The van der Waals surface area contributed by atoms with E-state index in [2.05, 4.69) is 42.6 Å². The van der Waals surface area contributed by atoms with Crippen molar-refractivity contribution in [3.63, 3.8) is 0 Å². The van der Waals surface area contributed by atoms with Crippen molar-refractivity contribution in [1.29, 1.82) is 0 Å². The van der Waals surface area contributed by atoms with Crippen molar-refractivity contribution >= 4 is 11.8 Å². The predicted octanol–water partition coefficient (Wildman–Crippen LogP) is 3.10. The molecule has 5 rings (SSSR count). The van der Waals surface area contributed by atoms with Crippen molar-refractivity contribution < 1.29 is 19.1 Å². The Balaban J connectivity index is 1.46.